The van der Waals surface area contributed by atoms with Gasteiger partial charge < -0.3 is 9.84 Å². The highest BCUT2D eigenvalue weighted by molar-refractivity contribution is 6.24. The molecule has 10 heteroatoms. The van der Waals surface area contributed by atoms with E-state index in [-0.39, 0.29) is 12.2 Å². The number of fused-ring (bicyclic) bond motifs is 1. The van der Waals surface area contributed by atoms with Crippen LogP contribution in [0.2, 0.25) is 0 Å². The van der Waals surface area contributed by atoms with Crippen LogP contribution in [0, 0.1) is 25.7 Å². The van der Waals surface area contributed by atoms with Crippen LogP contribution in [-0.4, -0.2) is 44.4 Å². The van der Waals surface area contributed by atoms with Crippen molar-refractivity contribution in [2.75, 3.05) is 11.5 Å². The fourth-order valence-electron chi connectivity index (χ4n) is 6.54. The molecule has 4 atom stereocenters. The van der Waals surface area contributed by atoms with Crippen LogP contribution in [0.4, 0.5) is 5.69 Å². The largest absolute Gasteiger partial charge is 0.480 e. The van der Waals surface area contributed by atoms with Crippen molar-refractivity contribution >= 4 is 23.5 Å². The molecule has 220 valence electrons. The van der Waals surface area contributed by atoms with Crippen molar-refractivity contribution in [1.82, 2.24) is 14.7 Å². The van der Waals surface area contributed by atoms with Gasteiger partial charge in [-0.2, -0.15) is 0 Å². The molecular formula is C33H32N4O6. The zero-order valence-corrected chi connectivity index (χ0v) is 24.1. The fraction of sp³-hybridized carbons (Fsp3) is 0.273. The average molecular weight is 581 g/mol. The van der Waals surface area contributed by atoms with Crippen molar-refractivity contribution in [1.29, 1.82) is 0 Å². The number of aliphatic carboxylic acids is 1. The first-order valence-electron chi connectivity index (χ1n) is 14.1. The third kappa shape index (κ3) is 4.41. The summed E-state index contributed by atoms with van der Waals surface area (Å²) in [4.78, 5) is 56.8. The minimum absolute atomic E-state index is 0.106. The van der Waals surface area contributed by atoms with E-state index in [0.29, 0.717) is 22.6 Å². The number of nitrogens with zero attached hydrogens (tertiary/aromatic N) is 3. The van der Waals surface area contributed by atoms with Crippen molar-refractivity contribution in [3.63, 3.8) is 0 Å². The van der Waals surface area contributed by atoms with Crippen molar-refractivity contribution in [2.24, 2.45) is 18.9 Å². The molecule has 0 saturated carbocycles. The van der Waals surface area contributed by atoms with E-state index < -0.39 is 53.4 Å². The molecule has 6 rings (SSSR count). The fourth-order valence-corrected chi connectivity index (χ4v) is 6.54. The quantitative estimate of drug-likeness (QED) is 0.307. The Hall–Kier alpha value is -4.80. The maximum Gasteiger partial charge on any atom is 0.327 e. The Labute approximate surface area is 248 Å². The molecule has 2 fully saturated rings. The SMILES string of the molecule is Cc1ccccc1N1C(=O)C2C(c3c(C)n(C)n(-c4ccccc4)c3=O)NC(COCc3ccccc3)(C(=O)O)C2C1=O. The van der Waals surface area contributed by atoms with E-state index in [2.05, 4.69) is 5.32 Å². The molecule has 43 heavy (non-hydrogen) atoms. The number of aromatic nitrogens is 2. The predicted molar refractivity (Wildman–Crippen MR) is 159 cm³/mol. The van der Waals surface area contributed by atoms with Gasteiger partial charge in [-0.3, -0.25) is 29.2 Å². The molecule has 3 heterocycles. The molecule has 2 amide bonds. The second-order valence-corrected chi connectivity index (χ2v) is 11.2. The Morgan fingerprint density at radius 3 is 2.19 bits per heavy atom. The van der Waals surface area contributed by atoms with E-state index in [1.807, 2.05) is 48.5 Å². The molecule has 4 unspecified atom stereocenters. The van der Waals surface area contributed by atoms with Crippen molar-refractivity contribution in [3.05, 3.63) is 118 Å². The summed E-state index contributed by atoms with van der Waals surface area (Å²) in [5, 5.41) is 13.9. The van der Waals surface area contributed by atoms with Crippen LogP contribution < -0.4 is 15.8 Å². The van der Waals surface area contributed by atoms with E-state index >= 15 is 0 Å². The van der Waals surface area contributed by atoms with Crippen molar-refractivity contribution in [2.45, 2.75) is 32.0 Å². The van der Waals surface area contributed by atoms with Crippen molar-refractivity contribution in [3.8, 4) is 5.69 Å². The Morgan fingerprint density at radius 1 is 0.907 bits per heavy atom. The van der Waals surface area contributed by atoms with Gasteiger partial charge in [-0.15, -0.1) is 0 Å². The molecule has 0 bridgehead atoms. The van der Waals surface area contributed by atoms with Crippen LogP contribution in [0.5, 0.6) is 0 Å². The summed E-state index contributed by atoms with van der Waals surface area (Å²) in [6, 6.07) is 24.2. The standard InChI is InChI=1S/C33H32N4O6/c1-20-12-10-11-17-24(20)36-29(38)26-27(31(36)40)33(32(41)42,19-43-18-22-13-6-4-7-14-22)34-28(26)25-21(2)35(3)37(30(25)39)23-15-8-5-9-16-23/h4-17,26-28,34H,18-19H2,1-3H3,(H,41,42). The maximum atomic E-state index is 14.2. The van der Waals surface area contributed by atoms with Gasteiger partial charge in [0.15, 0.2) is 5.54 Å². The number of rotatable bonds is 8. The lowest BCUT2D eigenvalue weighted by atomic mass is 9.79. The second kappa shape index (κ2) is 10.8. The number of hydrogen-bond acceptors (Lipinski definition) is 6. The van der Waals surface area contributed by atoms with Gasteiger partial charge in [0.2, 0.25) is 11.8 Å². The van der Waals surface area contributed by atoms with E-state index in [9.17, 15) is 24.3 Å². The van der Waals surface area contributed by atoms with Gasteiger partial charge >= 0.3 is 5.97 Å². The molecule has 10 nitrogen and oxygen atoms in total. The zero-order valence-electron chi connectivity index (χ0n) is 24.1. The Bertz CT molecular complexity index is 1780. The summed E-state index contributed by atoms with van der Waals surface area (Å²) in [6.45, 7) is 3.25. The minimum atomic E-state index is -1.97. The van der Waals surface area contributed by atoms with Crippen LogP contribution in [0.15, 0.2) is 89.7 Å². The number of carboxylic acid groups (broad SMARTS) is 1. The third-order valence-electron chi connectivity index (χ3n) is 8.74. The zero-order chi connectivity index (χ0) is 30.5. The number of hydrogen-bond donors (Lipinski definition) is 2. The summed E-state index contributed by atoms with van der Waals surface area (Å²) < 4.78 is 9.11. The van der Waals surface area contributed by atoms with Gasteiger partial charge in [-0.05, 0) is 43.2 Å². The summed E-state index contributed by atoms with van der Waals surface area (Å²) in [7, 11) is 1.73. The van der Waals surface area contributed by atoms with Gasteiger partial charge in [0.05, 0.1) is 48.0 Å². The molecule has 2 N–H and O–H groups in total. The number of para-hydroxylation sites is 2. The number of amides is 2. The molecular weight excluding hydrogens is 548 g/mol. The van der Waals surface area contributed by atoms with Crippen LogP contribution in [0.1, 0.15) is 28.4 Å². The highest BCUT2D eigenvalue weighted by atomic mass is 16.5. The van der Waals surface area contributed by atoms with E-state index in [1.54, 1.807) is 62.0 Å². The molecule has 0 spiro atoms. The van der Waals surface area contributed by atoms with Gasteiger partial charge in [0, 0.05) is 12.7 Å². The van der Waals surface area contributed by atoms with Gasteiger partial charge in [-0.25, -0.2) is 9.58 Å². The second-order valence-electron chi connectivity index (χ2n) is 11.2. The number of benzene rings is 3. The van der Waals surface area contributed by atoms with E-state index in [4.69, 9.17) is 4.74 Å². The number of nitrogens with one attached hydrogen (secondary N) is 1. The number of ether oxygens (including phenoxy) is 1. The number of carbonyl (C=O) groups is 3. The van der Waals surface area contributed by atoms with Gasteiger partial charge in [0.1, 0.15) is 0 Å². The lowest BCUT2D eigenvalue weighted by Gasteiger charge is -2.31. The summed E-state index contributed by atoms with van der Waals surface area (Å²) in [5.41, 5.74) is 0.938. The third-order valence-corrected chi connectivity index (χ3v) is 8.74. The number of carbonyl (C=O) groups excluding carboxylic acids is 2. The highest BCUT2D eigenvalue weighted by Crippen LogP contribution is 2.50. The normalized spacial score (nSPS) is 23.1. The highest BCUT2D eigenvalue weighted by Gasteiger charge is 2.69. The first kappa shape index (κ1) is 28.3. The van der Waals surface area contributed by atoms with Gasteiger partial charge in [-0.1, -0.05) is 66.7 Å². The van der Waals surface area contributed by atoms with Gasteiger partial charge in [0.25, 0.3) is 5.56 Å². The topological polar surface area (TPSA) is 123 Å². The molecule has 2 aliphatic rings. The summed E-state index contributed by atoms with van der Waals surface area (Å²) >= 11 is 0. The summed E-state index contributed by atoms with van der Waals surface area (Å²) in [6.07, 6.45) is 0. The van der Waals surface area contributed by atoms with Crippen LogP contribution >= 0.6 is 0 Å². The number of anilines is 1. The molecule has 0 aliphatic carbocycles. The smallest absolute Gasteiger partial charge is 0.327 e. The van der Waals surface area contributed by atoms with E-state index in [1.165, 1.54) is 4.68 Å². The first-order chi connectivity index (χ1) is 20.7. The van der Waals surface area contributed by atoms with Crippen molar-refractivity contribution < 1.29 is 24.2 Å². The number of carboxylic acids is 1. The lowest BCUT2D eigenvalue weighted by molar-refractivity contribution is -0.152. The Balaban J connectivity index is 1.49. The summed E-state index contributed by atoms with van der Waals surface area (Å²) in [5.74, 6) is -4.99. The van der Waals surface area contributed by atoms with Crippen LogP contribution in [-0.2, 0) is 32.8 Å². The molecule has 0 radical (unpaired) electrons. The van der Waals surface area contributed by atoms with Crippen LogP contribution in [0.25, 0.3) is 5.69 Å². The molecule has 1 aromatic heterocycles. The van der Waals surface area contributed by atoms with Crippen LogP contribution in [0.3, 0.4) is 0 Å². The molecule has 3 aromatic carbocycles. The minimum Gasteiger partial charge on any atom is -0.480 e. The average Bonchev–Trinajstić information content (AvgIpc) is 3.56. The Kier molecular flexibility index (Phi) is 7.11. The first-order valence-corrected chi connectivity index (χ1v) is 14.1. The predicted octanol–water partition coefficient (Wildman–Crippen LogP) is 3.28. The molecule has 4 aromatic rings. The Morgan fingerprint density at radius 2 is 1.53 bits per heavy atom. The monoisotopic (exact) mass is 580 g/mol. The molecule has 2 aliphatic heterocycles. The number of imide groups is 1. The maximum absolute atomic E-state index is 14.2. The number of aryl methyl sites for hydroxylation is 1. The lowest BCUT2D eigenvalue weighted by Crippen LogP contribution is -2.59. The van der Waals surface area contributed by atoms with E-state index in [0.717, 1.165) is 10.5 Å². The molecule has 2 saturated heterocycles.